The fourth-order valence-electron chi connectivity index (χ4n) is 3.53. The number of rotatable bonds is 7. The highest BCUT2D eigenvalue weighted by Crippen LogP contribution is 2.28. The SMILES string of the molecule is COc1cccc(N2C[C@@H](C(=O)NC[C@H](c3ccccc3)N(C)C)CC2=O)c1. The van der Waals surface area contributed by atoms with Crippen LogP contribution in [-0.4, -0.2) is 51.0 Å². The highest BCUT2D eigenvalue weighted by atomic mass is 16.5. The van der Waals surface area contributed by atoms with Gasteiger partial charge in [0.25, 0.3) is 0 Å². The molecule has 1 N–H and O–H groups in total. The minimum Gasteiger partial charge on any atom is -0.497 e. The van der Waals surface area contributed by atoms with Crippen molar-refractivity contribution in [1.29, 1.82) is 0 Å². The second-order valence-electron chi connectivity index (χ2n) is 7.24. The van der Waals surface area contributed by atoms with Gasteiger partial charge in [0.05, 0.1) is 19.1 Å². The zero-order chi connectivity index (χ0) is 20.1. The van der Waals surface area contributed by atoms with Crippen molar-refractivity contribution < 1.29 is 14.3 Å². The number of nitrogens with one attached hydrogen (secondary N) is 1. The first-order valence-corrected chi connectivity index (χ1v) is 9.43. The average molecular weight is 381 g/mol. The summed E-state index contributed by atoms with van der Waals surface area (Å²) in [5.74, 6) is 0.217. The van der Waals surface area contributed by atoms with E-state index >= 15 is 0 Å². The van der Waals surface area contributed by atoms with Crippen molar-refractivity contribution in [3.05, 3.63) is 60.2 Å². The van der Waals surface area contributed by atoms with E-state index in [2.05, 4.69) is 22.3 Å². The van der Waals surface area contributed by atoms with E-state index in [-0.39, 0.29) is 30.2 Å². The van der Waals surface area contributed by atoms with Crippen LogP contribution in [0.15, 0.2) is 54.6 Å². The summed E-state index contributed by atoms with van der Waals surface area (Å²) >= 11 is 0. The van der Waals surface area contributed by atoms with Crippen LogP contribution >= 0.6 is 0 Å². The Hall–Kier alpha value is -2.86. The zero-order valence-electron chi connectivity index (χ0n) is 16.6. The number of hydrogen-bond donors (Lipinski definition) is 1. The molecule has 6 heteroatoms. The first-order valence-electron chi connectivity index (χ1n) is 9.43. The van der Waals surface area contributed by atoms with Crippen LogP contribution in [0, 0.1) is 5.92 Å². The Morgan fingerprint density at radius 1 is 1.21 bits per heavy atom. The quantitative estimate of drug-likeness (QED) is 0.800. The number of benzene rings is 2. The van der Waals surface area contributed by atoms with Crippen LogP contribution in [0.25, 0.3) is 0 Å². The number of carbonyl (C=O) groups excluding carboxylic acids is 2. The minimum absolute atomic E-state index is 0.0411. The van der Waals surface area contributed by atoms with E-state index in [1.165, 1.54) is 0 Å². The van der Waals surface area contributed by atoms with E-state index in [9.17, 15) is 9.59 Å². The summed E-state index contributed by atoms with van der Waals surface area (Å²) in [5.41, 5.74) is 1.91. The van der Waals surface area contributed by atoms with Crippen molar-refractivity contribution in [1.82, 2.24) is 10.2 Å². The Kier molecular flexibility index (Phi) is 6.31. The molecule has 0 spiro atoms. The van der Waals surface area contributed by atoms with Crippen molar-refractivity contribution in [2.75, 3.05) is 39.2 Å². The molecule has 2 aromatic carbocycles. The largest absolute Gasteiger partial charge is 0.497 e. The van der Waals surface area contributed by atoms with Crippen LogP contribution < -0.4 is 15.0 Å². The van der Waals surface area contributed by atoms with E-state index in [4.69, 9.17) is 4.74 Å². The maximum absolute atomic E-state index is 12.7. The molecule has 28 heavy (non-hydrogen) atoms. The second kappa shape index (κ2) is 8.89. The molecule has 1 aliphatic rings. The lowest BCUT2D eigenvalue weighted by molar-refractivity contribution is -0.126. The van der Waals surface area contributed by atoms with Crippen LogP contribution in [-0.2, 0) is 9.59 Å². The van der Waals surface area contributed by atoms with Crippen molar-refractivity contribution in [3.63, 3.8) is 0 Å². The molecule has 1 aliphatic heterocycles. The van der Waals surface area contributed by atoms with Crippen LogP contribution in [0.4, 0.5) is 5.69 Å². The summed E-state index contributed by atoms with van der Waals surface area (Å²) < 4.78 is 5.23. The van der Waals surface area contributed by atoms with E-state index in [1.807, 2.05) is 56.6 Å². The van der Waals surface area contributed by atoms with Crippen LogP contribution in [0.5, 0.6) is 5.75 Å². The third-order valence-corrected chi connectivity index (χ3v) is 5.14. The molecule has 6 nitrogen and oxygen atoms in total. The summed E-state index contributed by atoms with van der Waals surface area (Å²) in [7, 11) is 5.58. The lowest BCUT2D eigenvalue weighted by Gasteiger charge is -2.25. The lowest BCUT2D eigenvalue weighted by Crippen LogP contribution is -2.38. The van der Waals surface area contributed by atoms with Gasteiger partial charge in [0.2, 0.25) is 11.8 Å². The molecule has 0 saturated carbocycles. The maximum atomic E-state index is 12.7. The number of amides is 2. The summed E-state index contributed by atoms with van der Waals surface area (Å²) in [6.07, 6.45) is 0.223. The Balaban J connectivity index is 1.62. The predicted octanol–water partition coefficient (Wildman–Crippen LogP) is 2.47. The average Bonchev–Trinajstić information content (AvgIpc) is 3.10. The van der Waals surface area contributed by atoms with Crippen LogP contribution in [0.2, 0.25) is 0 Å². The third kappa shape index (κ3) is 4.51. The van der Waals surface area contributed by atoms with Crippen LogP contribution in [0.3, 0.4) is 0 Å². The second-order valence-corrected chi connectivity index (χ2v) is 7.24. The summed E-state index contributed by atoms with van der Waals surface area (Å²) in [5, 5.41) is 3.04. The summed E-state index contributed by atoms with van der Waals surface area (Å²) in [6.45, 7) is 0.884. The van der Waals surface area contributed by atoms with Gasteiger partial charge in [-0.1, -0.05) is 36.4 Å². The predicted molar refractivity (Wildman–Crippen MR) is 109 cm³/mol. The topological polar surface area (TPSA) is 61.9 Å². The fraction of sp³-hybridized carbons (Fsp3) is 0.364. The van der Waals surface area contributed by atoms with Gasteiger partial charge in [0.1, 0.15) is 5.75 Å². The highest BCUT2D eigenvalue weighted by molar-refractivity contribution is 6.00. The summed E-state index contributed by atoms with van der Waals surface area (Å²) in [4.78, 5) is 28.9. The van der Waals surface area contributed by atoms with Gasteiger partial charge >= 0.3 is 0 Å². The molecule has 0 aliphatic carbocycles. The van der Waals surface area contributed by atoms with Gasteiger partial charge in [-0.15, -0.1) is 0 Å². The Morgan fingerprint density at radius 2 is 1.96 bits per heavy atom. The third-order valence-electron chi connectivity index (χ3n) is 5.14. The number of hydrogen-bond acceptors (Lipinski definition) is 4. The first-order chi connectivity index (χ1) is 13.5. The van der Waals surface area contributed by atoms with Gasteiger partial charge in [0, 0.05) is 31.3 Å². The number of anilines is 1. The molecule has 0 bridgehead atoms. The van der Waals surface area contributed by atoms with Gasteiger partial charge in [0.15, 0.2) is 0 Å². The van der Waals surface area contributed by atoms with E-state index in [0.29, 0.717) is 18.8 Å². The molecule has 1 fully saturated rings. The van der Waals surface area contributed by atoms with E-state index in [0.717, 1.165) is 11.3 Å². The van der Waals surface area contributed by atoms with Crippen molar-refractivity contribution in [2.45, 2.75) is 12.5 Å². The van der Waals surface area contributed by atoms with Crippen LogP contribution in [0.1, 0.15) is 18.0 Å². The van der Waals surface area contributed by atoms with Gasteiger partial charge in [-0.2, -0.15) is 0 Å². The van der Waals surface area contributed by atoms with Gasteiger partial charge in [-0.05, 0) is 31.8 Å². The molecular weight excluding hydrogens is 354 g/mol. The number of ether oxygens (including phenoxy) is 1. The van der Waals surface area contributed by atoms with E-state index < -0.39 is 0 Å². The first kappa shape index (κ1) is 19.9. The fourth-order valence-corrected chi connectivity index (χ4v) is 3.53. The van der Waals surface area contributed by atoms with Crippen molar-refractivity contribution in [3.8, 4) is 5.75 Å². The Labute approximate surface area is 166 Å². The standard InChI is InChI=1S/C22H27N3O3/c1-24(2)20(16-8-5-4-6-9-16)14-23-22(27)17-12-21(26)25(15-17)18-10-7-11-19(13-18)28-3/h4-11,13,17,20H,12,14-15H2,1-3H3,(H,23,27)/t17-,20+/m0/s1. The number of nitrogens with zero attached hydrogens (tertiary/aromatic N) is 2. The normalized spacial score (nSPS) is 17.6. The monoisotopic (exact) mass is 381 g/mol. The molecule has 0 unspecified atom stereocenters. The molecular formula is C22H27N3O3. The molecule has 3 rings (SSSR count). The molecule has 0 radical (unpaired) electrons. The van der Waals surface area contributed by atoms with Crippen molar-refractivity contribution >= 4 is 17.5 Å². The zero-order valence-corrected chi connectivity index (χ0v) is 16.6. The van der Waals surface area contributed by atoms with E-state index in [1.54, 1.807) is 12.0 Å². The lowest BCUT2D eigenvalue weighted by atomic mass is 10.0. The molecule has 1 heterocycles. The van der Waals surface area contributed by atoms with Gasteiger partial charge < -0.3 is 19.9 Å². The summed E-state index contributed by atoms with van der Waals surface area (Å²) in [6, 6.07) is 17.5. The number of carbonyl (C=O) groups is 2. The molecule has 148 valence electrons. The number of methoxy groups -OCH3 is 1. The van der Waals surface area contributed by atoms with Gasteiger partial charge in [-0.25, -0.2) is 0 Å². The molecule has 2 atom stereocenters. The highest BCUT2D eigenvalue weighted by Gasteiger charge is 2.35. The molecule has 2 amide bonds. The Bertz CT molecular complexity index is 823. The van der Waals surface area contributed by atoms with Crippen molar-refractivity contribution in [2.24, 2.45) is 5.92 Å². The molecule has 0 aromatic heterocycles. The minimum atomic E-state index is -0.350. The van der Waals surface area contributed by atoms with Gasteiger partial charge in [-0.3, -0.25) is 9.59 Å². The Morgan fingerprint density at radius 3 is 2.64 bits per heavy atom. The maximum Gasteiger partial charge on any atom is 0.227 e. The smallest absolute Gasteiger partial charge is 0.227 e. The molecule has 1 saturated heterocycles. The number of likely N-dealkylation sites (N-methyl/N-ethyl adjacent to an activating group) is 1. The molecule has 2 aromatic rings.